The molecule has 3 N–H and O–H groups in total. The van der Waals surface area contributed by atoms with E-state index in [0.717, 1.165) is 0 Å². The fraction of sp³-hybridized carbons (Fsp3) is 0.625. The van der Waals surface area contributed by atoms with Crippen LogP contribution in [-0.2, 0) is 19.1 Å². The molecule has 9 nitrogen and oxygen atoms in total. The Labute approximate surface area is 144 Å². The van der Waals surface area contributed by atoms with Crippen molar-refractivity contribution in [1.82, 2.24) is 10.2 Å². The number of Topliss-reactive ketones (excluding diaryl/α,β-unsaturated/α-hetero) is 1. The van der Waals surface area contributed by atoms with E-state index in [-0.39, 0.29) is 5.57 Å². The van der Waals surface area contributed by atoms with Gasteiger partial charge in [0, 0.05) is 37.7 Å². The Kier molecular flexibility index (Phi) is 4.31. The van der Waals surface area contributed by atoms with Crippen LogP contribution in [0.25, 0.3) is 0 Å². The summed E-state index contributed by atoms with van der Waals surface area (Å²) in [6, 6.07) is 0. The highest BCUT2D eigenvalue weighted by atomic mass is 16.6. The predicted molar refractivity (Wildman–Crippen MR) is 84.6 cm³/mol. The molecule has 2 fully saturated rings. The second-order valence-electron chi connectivity index (χ2n) is 7.53. The van der Waals surface area contributed by atoms with Crippen molar-refractivity contribution in [2.24, 2.45) is 17.8 Å². The van der Waals surface area contributed by atoms with Gasteiger partial charge in [0.15, 0.2) is 11.3 Å². The number of carboxylic acid groups (broad SMARTS) is 2. The number of nitrogens with zero attached hydrogens (tertiary/aromatic N) is 1. The summed E-state index contributed by atoms with van der Waals surface area (Å²) >= 11 is 0. The normalized spacial score (nSPS) is 32.1. The fourth-order valence-electron chi connectivity index (χ4n) is 3.39. The van der Waals surface area contributed by atoms with E-state index in [9.17, 15) is 29.4 Å². The highest BCUT2D eigenvalue weighted by Crippen LogP contribution is 2.62. The topological polar surface area (TPSA) is 133 Å². The summed E-state index contributed by atoms with van der Waals surface area (Å²) in [7, 11) is 3.19. The van der Waals surface area contributed by atoms with Crippen LogP contribution in [0.4, 0.5) is 4.79 Å². The van der Waals surface area contributed by atoms with E-state index in [2.05, 4.69) is 5.32 Å². The van der Waals surface area contributed by atoms with Crippen LogP contribution in [0.1, 0.15) is 20.8 Å². The summed E-state index contributed by atoms with van der Waals surface area (Å²) in [5, 5.41) is 21.4. The minimum atomic E-state index is -2.13. The van der Waals surface area contributed by atoms with Gasteiger partial charge >= 0.3 is 18.0 Å². The van der Waals surface area contributed by atoms with Crippen LogP contribution in [-0.4, -0.2) is 64.2 Å². The highest BCUT2D eigenvalue weighted by molar-refractivity contribution is 6.15. The first kappa shape index (κ1) is 18.8. The van der Waals surface area contributed by atoms with Gasteiger partial charge in [-0.3, -0.25) is 9.59 Å². The molecule has 25 heavy (non-hydrogen) atoms. The Bertz CT molecular complexity index is 676. The summed E-state index contributed by atoms with van der Waals surface area (Å²) < 4.78 is 5.11. The molecule has 0 heterocycles. The van der Waals surface area contributed by atoms with Crippen molar-refractivity contribution in [3.63, 3.8) is 0 Å². The molecule has 2 saturated carbocycles. The molecule has 9 heteroatoms. The molecule has 0 radical (unpaired) electrons. The molecular weight excluding hydrogens is 332 g/mol. The van der Waals surface area contributed by atoms with Crippen LogP contribution in [0.5, 0.6) is 0 Å². The quantitative estimate of drug-likeness (QED) is 0.614. The van der Waals surface area contributed by atoms with Gasteiger partial charge in [-0.05, 0) is 20.8 Å². The van der Waals surface area contributed by atoms with Gasteiger partial charge in [-0.2, -0.15) is 0 Å². The van der Waals surface area contributed by atoms with Crippen LogP contribution < -0.4 is 5.32 Å². The van der Waals surface area contributed by atoms with Crippen molar-refractivity contribution in [3.05, 3.63) is 11.8 Å². The molecule has 0 aromatic carbocycles. The average Bonchev–Trinajstić information content (AvgIpc) is 3.10. The molecular formula is C16H22N2O7. The number of hydrogen-bond acceptors (Lipinski definition) is 6. The van der Waals surface area contributed by atoms with Gasteiger partial charge in [-0.1, -0.05) is 0 Å². The van der Waals surface area contributed by atoms with E-state index in [1.807, 2.05) is 0 Å². The molecule has 2 aliphatic rings. The molecule has 0 unspecified atom stereocenters. The molecule has 2 rings (SSSR count). The zero-order chi connectivity index (χ0) is 19.3. The van der Waals surface area contributed by atoms with Crippen LogP contribution in [0, 0.1) is 17.8 Å². The number of fused-ring (bicyclic) bond motifs is 1. The number of ketones is 1. The largest absolute Gasteiger partial charge is 0.481 e. The van der Waals surface area contributed by atoms with Crippen molar-refractivity contribution in [2.45, 2.75) is 31.9 Å². The first-order chi connectivity index (χ1) is 11.3. The van der Waals surface area contributed by atoms with Crippen molar-refractivity contribution < 1.29 is 34.1 Å². The fourth-order valence-corrected chi connectivity index (χ4v) is 3.39. The number of ether oxygens (including phenoxy) is 1. The SMILES string of the molecule is CN(C)/C=C1/C(=O)[C@H]2[C@H](C(=O)O)[C@H]2[C@]1(NC(=O)OC(C)(C)C)C(=O)O. The number of carboxylic acids is 2. The third kappa shape index (κ3) is 3.06. The smallest absolute Gasteiger partial charge is 0.408 e. The predicted octanol–water partition coefficient (Wildman–Crippen LogP) is 0.310. The number of carbonyl (C=O) groups excluding carboxylic acids is 2. The van der Waals surface area contributed by atoms with Crippen molar-refractivity contribution in [3.8, 4) is 0 Å². The molecule has 2 aliphatic carbocycles. The summed E-state index contributed by atoms with van der Waals surface area (Å²) in [5.74, 6) is -6.48. The minimum Gasteiger partial charge on any atom is -0.481 e. The number of nitrogens with one attached hydrogen (secondary N) is 1. The Morgan fingerprint density at radius 1 is 1.24 bits per heavy atom. The van der Waals surface area contributed by atoms with Gasteiger partial charge in [0.25, 0.3) is 0 Å². The second-order valence-corrected chi connectivity index (χ2v) is 7.53. The van der Waals surface area contributed by atoms with Gasteiger partial charge < -0.3 is 25.2 Å². The number of hydrogen-bond donors (Lipinski definition) is 3. The number of aliphatic carboxylic acids is 2. The average molecular weight is 354 g/mol. The lowest BCUT2D eigenvalue weighted by atomic mass is 9.85. The number of amides is 1. The number of alkyl carbamates (subject to hydrolysis) is 1. The maximum absolute atomic E-state index is 12.6. The monoisotopic (exact) mass is 354 g/mol. The Morgan fingerprint density at radius 3 is 2.20 bits per heavy atom. The van der Waals surface area contributed by atoms with E-state index in [1.165, 1.54) is 11.1 Å². The molecule has 0 aliphatic heterocycles. The summed E-state index contributed by atoms with van der Waals surface area (Å²) in [6.45, 7) is 4.82. The summed E-state index contributed by atoms with van der Waals surface area (Å²) in [4.78, 5) is 49.7. The maximum atomic E-state index is 12.6. The van der Waals surface area contributed by atoms with Gasteiger partial charge in [0.2, 0.25) is 0 Å². The van der Waals surface area contributed by atoms with Gasteiger partial charge in [0.1, 0.15) is 5.60 Å². The Balaban J connectivity index is 2.50. The van der Waals surface area contributed by atoms with Crippen molar-refractivity contribution in [2.75, 3.05) is 14.1 Å². The highest BCUT2D eigenvalue weighted by Gasteiger charge is 2.78. The molecule has 0 aromatic heterocycles. The molecule has 0 saturated heterocycles. The van der Waals surface area contributed by atoms with E-state index in [4.69, 9.17) is 4.74 Å². The van der Waals surface area contributed by atoms with Crippen LogP contribution >= 0.6 is 0 Å². The zero-order valence-electron chi connectivity index (χ0n) is 14.7. The first-order valence-electron chi connectivity index (χ1n) is 7.73. The van der Waals surface area contributed by atoms with Gasteiger partial charge in [-0.15, -0.1) is 0 Å². The van der Waals surface area contributed by atoms with E-state index in [1.54, 1.807) is 34.9 Å². The lowest BCUT2D eigenvalue weighted by Gasteiger charge is -2.31. The van der Waals surface area contributed by atoms with Crippen LogP contribution in [0.2, 0.25) is 0 Å². The van der Waals surface area contributed by atoms with Gasteiger partial charge in [-0.25, -0.2) is 9.59 Å². The molecule has 138 valence electrons. The number of carbonyl (C=O) groups is 4. The molecule has 4 atom stereocenters. The van der Waals surface area contributed by atoms with Crippen molar-refractivity contribution >= 4 is 23.8 Å². The maximum Gasteiger partial charge on any atom is 0.408 e. The second kappa shape index (κ2) is 5.75. The summed E-state index contributed by atoms with van der Waals surface area (Å²) in [5.41, 5.74) is -3.16. The lowest BCUT2D eigenvalue weighted by Crippen LogP contribution is -2.58. The van der Waals surface area contributed by atoms with E-state index < -0.39 is 52.7 Å². The third-order valence-corrected chi connectivity index (χ3v) is 4.22. The minimum absolute atomic E-state index is 0.150. The Morgan fingerprint density at radius 2 is 1.80 bits per heavy atom. The number of rotatable bonds is 4. The van der Waals surface area contributed by atoms with E-state index in [0.29, 0.717) is 0 Å². The standard InChI is InChI=1S/C16H22N2O7/c1-15(2,3)25-14(24)17-16(13(22)23)7(6-18(4)5)11(19)8-9(10(8)16)12(20)21/h6,8-10H,1-5H3,(H,17,24)(H,20,21)(H,22,23)/b7-6-/t8-,9-,10-,16-/m0/s1. The van der Waals surface area contributed by atoms with Gasteiger partial charge in [0.05, 0.1) is 5.92 Å². The first-order valence-corrected chi connectivity index (χ1v) is 7.73. The van der Waals surface area contributed by atoms with Crippen LogP contribution in [0.3, 0.4) is 0 Å². The Hall–Kier alpha value is -2.58. The zero-order valence-corrected chi connectivity index (χ0v) is 14.7. The van der Waals surface area contributed by atoms with Crippen molar-refractivity contribution in [1.29, 1.82) is 0 Å². The molecule has 0 spiro atoms. The molecule has 0 aromatic rings. The summed E-state index contributed by atoms with van der Waals surface area (Å²) in [6.07, 6.45) is 0.280. The lowest BCUT2D eigenvalue weighted by molar-refractivity contribution is -0.145. The molecule has 0 bridgehead atoms. The third-order valence-electron chi connectivity index (χ3n) is 4.22. The van der Waals surface area contributed by atoms with E-state index >= 15 is 0 Å². The van der Waals surface area contributed by atoms with Crippen LogP contribution in [0.15, 0.2) is 11.8 Å². The molecule has 1 amide bonds.